The second-order valence-corrected chi connectivity index (χ2v) is 5.26. The molecule has 2 rings (SSSR count). The van der Waals surface area contributed by atoms with Crippen molar-refractivity contribution in [2.75, 3.05) is 11.9 Å². The monoisotopic (exact) mass is 326 g/mol. The molecule has 2 N–H and O–H groups in total. The van der Waals surface area contributed by atoms with Gasteiger partial charge in [-0.2, -0.15) is 5.10 Å². The Balaban J connectivity index is 1.93. The zero-order valence-corrected chi connectivity index (χ0v) is 13.4. The summed E-state index contributed by atoms with van der Waals surface area (Å²) >= 11 is 0. The molecular formula is C17H18N4O3. The number of non-ortho nitro benzene ring substituents is 1. The molecule has 0 aromatic heterocycles. The lowest BCUT2D eigenvalue weighted by molar-refractivity contribution is -0.384. The first kappa shape index (κ1) is 17.1. The van der Waals surface area contributed by atoms with Crippen LogP contribution >= 0.6 is 0 Å². The van der Waals surface area contributed by atoms with Crippen LogP contribution in [0.4, 0.5) is 11.4 Å². The molecule has 0 aliphatic carbocycles. The molecule has 2 aromatic rings. The zero-order chi connectivity index (χ0) is 17.5. The second kappa shape index (κ2) is 7.87. The number of benzene rings is 2. The number of rotatable bonds is 6. The Morgan fingerprint density at radius 1 is 1.21 bits per heavy atom. The molecule has 0 heterocycles. The summed E-state index contributed by atoms with van der Waals surface area (Å²) in [5, 5.41) is 17.8. The lowest BCUT2D eigenvalue weighted by atomic mass is 10.1. The predicted molar refractivity (Wildman–Crippen MR) is 93.1 cm³/mol. The van der Waals surface area contributed by atoms with Crippen LogP contribution in [0.5, 0.6) is 0 Å². The summed E-state index contributed by atoms with van der Waals surface area (Å²) < 4.78 is 0. The van der Waals surface area contributed by atoms with Crippen LogP contribution in [0.1, 0.15) is 18.1 Å². The summed E-state index contributed by atoms with van der Waals surface area (Å²) in [7, 11) is 0. The van der Waals surface area contributed by atoms with E-state index in [1.54, 1.807) is 19.1 Å². The van der Waals surface area contributed by atoms with Crippen molar-refractivity contribution in [2.24, 2.45) is 5.10 Å². The van der Waals surface area contributed by atoms with Crippen LogP contribution in [0.15, 0.2) is 53.6 Å². The molecule has 2 aromatic carbocycles. The molecule has 0 fully saturated rings. The highest BCUT2D eigenvalue weighted by atomic mass is 16.6. The van der Waals surface area contributed by atoms with Crippen molar-refractivity contribution >= 4 is 23.0 Å². The number of anilines is 1. The molecule has 0 atom stereocenters. The Hall–Kier alpha value is -3.22. The van der Waals surface area contributed by atoms with Crippen LogP contribution in [-0.2, 0) is 4.79 Å². The average Bonchev–Trinajstić information content (AvgIpc) is 2.58. The highest BCUT2D eigenvalue weighted by Gasteiger charge is 2.08. The minimum Gasteiger partial charge on any atom is -0.376 e. The minimum atomic E-state index is -0.471. The maximum Gasteiger partial charge on any atom is 0.270 e. The summed E-state index contributed by atoms with van der Waals surface area (Å²) in [6.07, 6.45) is 0. The molecule has 7 heteroatoms. The van der Waals surface area contributed by atoms with E-state index in [0.29, 0.717) is 11.3 Å². The third-order valence-corrected chi connectivity index (χ3v) is 3.29. The van der Waals surface area contributed by atoms with Gasteiger partial charge in [0, 0.05) is 23.4 Å². The van der Waals surface area contributed by atoms with E-state index in [-0.39, 0.29) is 18.1 Å². The van der Waals surface area contributed by atoms with Crippen molar-refractivity contribution in [2.45, 2.75) is 13.8 Å². The summed E-state index contributed by atoms with van der Waals surface area (Å²) in [6.45, 7) is 3.72. The first-order chi connectivity index (χ1) is 11.5. The Labute approximate surface area is 139 Å². The molecular weight excluding hydrogens is 308 g/mol. The number of nitro benzene ring substituents is 1. The molecule has 0 aliphatic heterocycles. The number of hydrogen-bond acceptors (Lipinski definition) is 5. The highest BCUT2D eigenvalue weighted by molar-refractivity contribution is 5.99. The van der Waals surface area contributed by atoms with E-state index >= 15 is 0 Å². The second-order valence-electron chi connectivity index (χ2n) is 5.26. The van der Waals surface area contributed by atoms with Crippen LogP contribution in [0.25, 0.3) is 0 Å². The number of aryl methyl sites for hydroxylation is 1. The summed E-state index contributed by atoms with van der Waals surface area (Å²) in [5.74, 6) is -0.304. The van der Waals surface area contributed by atoms with Crippen molar-refractivity contribution in [1.82, 2.24) is 5.43 Å². The van der Waals surface area contributed by atoms with Crippen molar-refractivity contribution in [3.05, 3.63) is 69.8 Å². The van der Waals surface area contributed by atoms with Gasteiger partial charge in [0.2, 0.25) is 0 Å². The normalized spacial score (nSPS) is 11.0. The van der Waals surface area contributed by atoms with E-state index in [9.17, 15) is 14.9 Å². The SMILES string of the molecule is CC(=NNC(=O)CNc1cccc(C)c1)c1cccc([N+](=O)[O-])c1. The van der Waals surface area contributed by atoms with Gasteiger partial charge in [-0.15, -0.1) is 0 Å². The van der Waals surface area contributed by atoms with Crippen molar-refractivity contribution < 1.29 is 9.72 Å². The van der Waals surface area contributed by atoms with E-state index in [1.807, 2.05) is 31.2 Å². The number of carbonyl (C=O) groups is 1. The van der Waals surface area contributed by atoms with Gasteiger partial charge in [0.1, 0.15) is 0 Å². The van der Waals surface area contributed by atoms with Crippen LogP contribution in [0.3, 0.4) is 0 Å². The third-order valence-electron chi connectivity index (χ3n) is 3.29. The molecule has 0 spiro atoms. The molecule has 124 valence electrons. The molecule has 0 unspecified atom stereocenters. The van der Waals surface area contributed by atoms with Crippen molar-refractivity contribution in [3.63, 3.8) is 0 Å². The fraction of sp³-hybridized carbons (Fsp3) is 0.176. The average molecular weight is 326 g/mol. The van der Waals surface area contributed by atoms with Crippen LogP contribution in [0.2, 0.25) is 0 Å². The van der Waals surface area contributed by atoms with E-state index in [1.165, 1.54) is 12.1 Å². The fourth-order valence-corrected chi connectivity index (χ4v) is 2.03. The molecule has 0 radical (unpaired) electrons. The van der Waals surface area contributed by atoms with E-state index in [4.69, 9.17) is 0 Å². The Morgan fingerprint density at radius 3 is 2.67 bits per heavy atom. The lowest BCUT2D eigenvalue weighted by Gasteiger charge is -2.06. The van der Waals surface area contributed by atoms with Gasteiger partial charge in [0.05, 0.1) is 17.2 Å². The van der Waals surface area contributed by atoms with E-state index in [2.05, 4.69) is 15.8 Å². The standard InChI is InChI=1S/C17H18N4O3/c1-12-5-3-7-15(9-12)18-11-17(22)20-19-13(2)14-6-4-8-16(10-14)21(23)24/h3-10,18H,11H2,1-2H3,(H,20,22). The lowest BCUT2D eigenvalue weighted by Crippen LogP contribution is -2.26. The van der Waals surface area contributed by atoms with Crippen LogP contribution in [-0.4, -0.2) is 23.1 Å². The summed E-state index contributed by atoms with van der Waals surface area (Å²) in [6, 6.07) is 13.8. The number of nitrogens with one attached hydrogen (secondary N) is 2. The van der Waals surface area contributed by atoms with Crippen molar-refractivity contribution in [3.8, 4) is 0 Å². The topological polar surface area (TPSA) is 96.6 Å². The number of nitrogens with zero attached hydrogens (tertiary/aromatic N) is 2. The van der Waals surface area contributed by atoms with Crippen LogP contribution in [0, 0.1) is 17.0 Å². The quantitative estimate of drug-likeness (QED) is 0.484. The Kier molecular flexibility index (Phi) is 5.62. The zero-order valence-electron chi connectivity index (χ0n) is 13.4. The van der Waals surface area contributed by atoms with Gasteiger partial charge >= 0.3 is 0 Å². The largest absolute Gasteiger partial charge is 0.376 e. The van der Waals surface area contributed by atoms with Gasteiger partial charge in [-0.1, -0.05) is 24.3 Å². The highest BCUT2D eigenvalue weighted by Crippen LogP contribution is 2.13. The molecule has 7 nitrogen and oxygen atoms in total. The smallest absolute Gasteiger partial charge is 0.270 e. The number of amides is 1. The van der Waals surface area contributed by atoms with Gasteiger partial charge in [-0.3, -0.25) is 14.9 Å². The summed E-state index contributed by atoms with van der Waals surface area (Å²) in [5.41, 5.74) is 5.43. The molecule has 0 bridgehead atoms. The first-order valence-electron chi connectivity index (χ1n) is 7.34. The number of nitro groups is 1. The number of carbonyl (C=O) groups excluding carboxylic acids is 1. The van der Waals surface area contributed by atoms with Gasteiger partial charge in [-0.25, -0.2) is 5.43 Å². The van der Waals surface area contributed by atoms with Crippen LogP contribution < -0.4 is 10.7 Å². The maximum absolute atomic E-state index is 11.8. The Morgan fingerprint density at radius 2 is 1.96 bits per heavy atom. The van der Waals surface area contributed by atoms with Gasteiger partial charge in [-0.05, 0) is 31.5 Å². The van der Waals surface area contributed by atoms with E-state index in [0.717, 1.165) is 11.3 Å². The third kappa shape index (κ3) is 4.91. The van der Waals surface area contributed by atoms with Gasteiger partial charge in [0.25, 0.3) is 11.6 Å². The maximum atomic E-state index is 11.8. The molecule has 24 heavy (non-hydrogen) atoms. The van der Waals surface area contributed by atoms with E-state index < -0.39 is 4.92 Å². The number of hydrazone groups is 1. The number of hydrogen-bond donors (Lipinski definition) is 2. The van der Waals surface area contributed by atoms with Crippen molar-refractivity contribution in [1.29, 1.82) is 0 Å². The minimum absolute atomic E-state index is 0.0190. The summed E-state index contributed by atoms with van der Waals surface area (Å²) in [4.78, 5) is 22.1. The van der Waals surface area contributed by atoms with Gasteiger partial charge in [0.15, 0.2) is 0 Å². The predicted octanol–water partition coefficient (Wildman–Crippen LogP) is 2.86. The molecule has 0 aliphatic rings. The molecule has 0 saturated heterocycles. The van der Waals surface area contributed by atoms with Gasteiger partial charge < -0.3 is 5.32 Å². The fourth-order valence-electron chi connectivity index (χ4n) is 2.03. The molecule has 1 amide bonds. The Bertz CT molecular complexity index is 787. The molecule has 0 saturated carbocycles. The first-order valence-corrected chi connectivity index (χ1v) is 7.34.